The van der Waals surface area contributed by atoms with Crippen molar-refractivity contribution in [2.45, 2.75) is 18.3 Å². The number of rotatable bonds is 4. The molecule has 160 valence electrons. The first-order chi connectivity index (χ1) is 14.9. The van der Waals surface area contributed by atoms with Crippen LogP contribution in [0.2, 0.25) is 0 Å². The Kier molecular flexibility index (Phi) is 4.45. The monoisotopic (exact) mass is 430 g/mol. The van der Waals surface area contributed by atoms with E-state index in [1.807, 2.05) is 24.3 Å². The molecule has 2 unspecified atom stereocenters. The number of methoxy groups -OCH3 is 1. The predicted octanol–water partition coefficient (Wildman–Crippen LogP) is 3.97. The molecule has 3 aromatic heterocycles. The summed E-state index contributed by atoms with van der Waals surface area (Å²) < 4.78 is 52.4. The van der Waals surface area contributed by atoms with E-state index in [4.69, 9.17) is 9.47 Å². The zero-order valence-corrected chi connectivity index (χ0v) is 16.2. The Balaban J connectivity index is 1.58. The van der Waals surface area contributed by atoms with Gasteiger partial charge >= 0.3 is 6.18 Å². The summed E-state index contributed by atoms with van der Waals surface area (Å²) in [6, 6.07) is 7.80. The van der Waals surface area contributed by atoms with Crippen molar-refractivity contribution in [2.24, 2.45) is 0 Å². The van der Waals surface area contributed by atoms with Crippen LogP contribution in [0, 0.1) is 0 Å². The Bertz CT molecular complexity index is 1240. The van der Waals surface area contributed by atoms with Gasteiger partial charge in [0.25, 0.3) is 0 Å². The molecule has 8 nitrogen and oxygen atoms in total. The molecule has 0 saturated carbocycles. The normalized spacial score (nSPS) is 18.5. The Morgan fingerprint density at radius 2 is 2.10 bits per heavy atom. The summed E-state index contributed by atoms with van der Waals surface area (Å²) in [5.74, 6) is 1.55. The second kappa shape index (κ2) is 7.18. The molecular formula is C20H17F3N6O2. The van der Waals surface area contributed by atoms with Crippen molar-refractivity contribution in [3.63, 3.8) is 0 Å². The molecule has 0 saturated heterocycles. The molecule has 2 N–H and O–H groups in total. The molecule has 0 spiro atoms. The number of ether oxygens (including phenoxy) is 2. The molecule has 0 amide bonds. The van der Waals surface area contributed by atoms with Crippen molar-refractivity contribution in [3.05, 3.63) is 60.3 Å². The fraction of sp³-hybridized carbons (Fsp3) is 0.250. The van der Waals surface area contributed by atoms with Crippen LogP contribution in [-0.2, 0) is 6.18 Å². The minimum Gasteiger partial charge on any atom is -0.493 e. The molecule has 11 heteroatoms. The van der Waals surface area contributed by atoms with Crippen molar-refractivity contribution in [2.75, 3.05) is 19.0 Å². The second-order valence-electron chi connectivity index (χ2n) is 7.06. The highest BCUT2D eigenvalue weighted by molar-refractivity contribution is 5.88. The molecule has 0 radical (unpaired) electrons. The molecule has 1 aliphatic heterocycles. The third-order valence-corrected chi connectivity index (χ3v) is 5.23. The van der Waals surface area contributed by atoms with Gasteiger partial charge in [0.15, 0.2) is 5.75 Å². The highest BCUT2D eigenvalue weighted by Crippen LogP contribution is 2.41. The highest BCUT2D eigenvalue weighted by Gasteiger charge is 2.35. The van der Waals surface area contributed by atoms with E-state index in [0.717, 1.165) is 11.6 Å². The van der Waals surface area contributed by atoms with Crippen LogP contribution in [0.4, 0.5) is 19.0 Å². The van der Waals surface area contributed by atoms with E-state index in [1.165, 1.54) is 6.33 Å². The number of benzene rings is 1. The van der Waals surface area contributed by atoms with Gasteiger partial charge < -0.3 is 19.8 Å². The van der Waals surface area contributed by atoms with Crippen LogP contribution in [0.3, 0.4) is 0 Å². The fourth-order valence-corrected chi connectivity index (χ4v) is 3.71. The van der Waals surface area contributed by atoms with E-state index >= 15 is 0 Å². The largest absolute Gasteiger partial charge is 0.493 e. The van der Waals surface area contributed by atoms with Crippen molar-refractivity contribution >= 4 is 16.9 Å². The number of aromatic amines is 1. The Morgan fingerprint density at radius 3 is 2.87 bits per heavy atom. The van der Waals surface area contributed by atoms with Crippen molar-refractivity contribution < 1.29 is 22.6 Å². The van der Waals surface area contributed by atoms with Crippen LogP contribution >= 0.6 is 0 Å². The molecular weight excluding hydrogens is 413 g/mol. The maximum atomic E-state index is 13.2. The summed E-state index contributed by atoms with van der Waals surface area (Å²) in [5.41, 5.74) is 0.0563. The van der Waals surface area contributed by atoms with Crippen LogP contribution in [0.5, 0.6) is 11.5 Å². The van der Waals surface area contributed by atoms with Gasteiger partial charge in [0.2, 0.25) is 0 Å². The van der Waals surface area contributed by atoms with Crippen LogP contribution in [-0.4, -0.2) is 38.4 Å². The predicted molar refractivity (Wildman–Crippen MR) is 105 cm³/mol. The van der Waals surface area contributed by atoms with Gasteiger partial charge in [-0.25, -0.2) is 9.97 Å². The number of hydrogen-bond acceptors (Lipinski definition) is 6. The van der Waals surface area contributed by atoms with Gasteiger partial charge in [-0.1, -0.05) is 18.2 Å². The number of para-hydroxylation sites is 1. The first-order valence-electron chi connectivity index (χ1n) is 9.41. The van der Waals surface area contributed by atoms with Gasteiger partial charge in [0.1, 0.15) is 41.9 Å². The summed E-state index contributed by atoms with van der Waals surface area (Å²) in [6.45, 7) is 0.300. The van der Waals surface area contributed by atoms with E-state index in [1.54, 1.807) is 24.2 Å². The lowest BCUT2D eigenvalue weighted by atomic mass is 9.96. The van der Waals surface area contributed by atoms with Crippen LogP contribution in [0.25, 0.3) is 11.0 Å². The molecule has 0 fully saturated rings. The zero-order chi connectivity index (χ0) is 21.6. The van der Waals surface area contributed by atoms with Crippen LogP contribution < -0.4 is 14.8 Å². The lowest BCUT2D eigenvalue weighted by Crippen LogP contribution is -2.33. The minimum atomic E-state index is -4.52. The third-order valence-electron chi connectivity index (χ3n) is 5.23. The molecule has 2 atom stereocenters. The van der Waals surface area contributed by atoms with Gasteiger partial charge in [-0.2, -0.15) is 18.3 Å². The van der Waals surface area contributed by atoms with Gasteiger partial charge in [-0.15, -0.1) is 0 Å². The van der Waals surface area contributed by atoms with Crippen LogP contribution in [0.15, 0.2) is 49.1 Å². The SMILES string of the molecule is COc1cnn(C2COc3ccccc3C2Nc2ncnc3[nH]c(C(F)(F)F)cc23)c1. The molecule has 31 heavy (non-hydrogen) atoms. The average molecular weight is 430 g/mol. The van der Waals surface area contributed by atoms with Gasteiger partial charge in [0.05, 0.1) is 30.9 Å². The number of halogens is 3. The molecule has 0 aliphatic carbocycles. The van der Waals surface area contributed by atoms with Gasteiger partial charge in [-0.3, -0.25) is 4.68 Å². The van der Waals surface area contributed by atoms with Gasteiger partial charge in [0, 0.05) is 5.56 Å². The Labute approximate surface area is 174 Å². The second-order valence-corrected chi connectivity index (χ2v) is 7.06. The molecule has 1 aromatic carbocycles. The molecule has 4 aromatic rings. The van der Waals surface area contributed by atoms with E-state index in [0.29, 0.717) is 18.1 Å². The number of hydrogen-bond donors (Lipinski definition) is 2. The number of aromatic nitrogens is 5. The molecule has 1 aliphatic rings. The number of H-pyrrole nitrogens is 1. The smallest absolute Gasteiger partial charge is 0.431 e. The summed E-state index contributed by atoms with van der Waals surface area (Å²) in [4.78, 5) is 10.5. The topological polar surface area (TPSA) is 89.9 Å². The standard InChI is InChI=1S/C20H17F3N6O2/c1-30-11-7-26-29(8-11)14-9-31-15-5-3-2-4-12(15)17(14)28-19-13-6-16(20(21,22)23)27-18(13)24-10-25-19/h2-8,10,14,17H,9H2,1H3,(H2,24,25,27,28). The fourth-order valence-electron chi connectivity index (χ4n) is 3.71. The zero-order valence-electron chi connectivity index (χ0n) is 16.2. The highest BCUT2D eigenvalue weighted by atomic mass is 19.4. The Hall–Kier alpha value is -3.76. The van der Waals surface area contributed by atoms with E-state index in [2.05, 4.69) is 25.4 Å². The lowest BCUT2D eigenvalue weighted by Gasteiger charge is -2.34. The third kappa shape index (κ3) is 3.41. The lowest BCUT2D eigenvalue weighted by molar-refractivity contribution is -0.140. The maximum Gasteiger partial charge on any atom is 0.431 e. The number of nitrogens with one attached hydrogen (secondary N) is 2. The molecule has 0 bridgehead atoms. The number of alkyl halides is 3. The molecule has 4 heterocycles. The van der Waals surface area contributed by atoms with Crippen molar-refractivity contribution in [3.8, 4) is 11.5 Å². The van der Waals surface area contributed by atoms with Gasteiger partial charge in [-0.05, 0) is 12.1 Å². The summed E-state index contributed by atoms with van der Waals surface area (Å²) in [6.07, 6.45) is 0.0301. The summed E-state index contributed by atoms with van der Waals surface area (Å²) in [5, 5.41) is 7.90. The summed E-state index contributed by atoms with van der Waals surface area (Å²) >= 11 is 0. The minimum absolute atomic E-state index is 0.0995. The van der Waals surface area contributed by atoms with E-state index in [-0.39, 0.29) is 28.9 Å². The van der Waals surface area contributed by atoms with Crippen molar-refractivity contribution in [1.29, 1.82) is 0 Å². The number of nitrogens with zero attached hydrogens (tertiary/aromatic N) is 4. The quantitative estimate of drug-likeness (QED) is 0.509. The van der Waals surface area contributed by atoms with E-state index in [9.17, 15) is 13.2 Å². The Morgan fingerprint density at radius 1 is 1.26 bits per heavy atom. The maximum absolute atomic E-state index is 13.2. The average Bonchev–Trinajstić information content (AvgIpc) is 3.41. The van der Waals surface area contributed by atoms with Crippen LogP contribution in [0.1, 0.15) is 23.3 Å². The first-order valence-corrected chi connectivity index (χ1v) is 9.41. The number of anilines is 1. The summed E-state index contributed by atoms with van der Waals surface area (Å²) in [7, 11) is 1.55. The van der Waals surface area contributed by atoms with Crippen molar-refractivity contribution in [1.82, 2.24) is 24.7 Å². The number of fused-ring (bicyclic) bond motifs is 2. The molecule has 5 rings (SSSR count). The van der Waals surface area contributed by atoms with E-state index < -0.39 is 11.9 Å². The first kappa shape index (κ1) is 19.2.